The Kier molecular flexibility index (Phi) is 7.97. The van der Waals surface area contributed by atoms with Crippen LogP contribution in [0.5, 0.6) is 5.75 Å². The van der Waals surface area contributed by atoms with Crippen molar-refractivity contribution in [2.24, 2.45) is 0 Å². The molecule has 0 heterocycles. The topological polar surface area (TPSA) is 93.7 Å². The summed E-state index contributed by atoms with van der Waals surface area (Å²) in [5.74, 6) is -0.213. The lowest BCUT2D eigenvalue weighted by Crippen LogP contribution is -2.26. The number of methoxy groups -OCH3 is 2. The molecule has 0 aliphatic carbocycles. The molecule has 0 radical (unpaired) electrons. The van der Waals surface area contributed by atoms with Crippen molar-refractivity contribution in [1.82, 2.24) is 5.32 Å². The van der Waals surface area contributed by atoms with Gasteiger partial charge in [-0.15, -0.1) is 0 Å². The van der Waals surface area contributed by atoms with Crippen molar-refractivity contribution in [2.75, 3.05) is 26.1 Å². The van der Waals surface area contributed by atoms with Crippen LogP contribution in [0.2, 0.25) is 0 Å². The molecule has 0 aromatic heterocycles. The second kappa shape index (κ2) is 10.7. The minimum atomic E-state index is -0.434. The lowest BCUT2D eigenvalue weighted by molar-refractivity contribution is -0.117. The number of carbonyl (C=O) groups is 3. The molecule has 7 nitrogen and oxygen atoms in total. The summed E-state index contributed by atoms with van der Waals surface area (Å²) in [5, 5.41) is 5.43. The van der Waals surface area contributed by atoms with Gasteiger partial charge in [0, 0.05) is 24.7 Å². The van der Waals surface area contributed by atoms with Gasteiger partial charge < -0.3 is 20.1 Å². The van der Waals surface area contributed by atoms with E-state index in [4.69, 9.17) is 4.74 Å². The summed E-state index contributed by atoms with van der Waals surface area (Å²) in [5.41, 5.74) is 2.63. The molecule has 2 aromatic rings. The number of hydrogen-bond acceptors (Lipinski definition) is 5. The fourth-order valence-electron chi connectivity index (χ4n) is 2.51. The number of amides is 2. The fourth-order valence-corrected chi connectivity index (χ4v) is 2.51. The zero-order chi connectivity index (χ0) is 21.2. The highest BCUT2D eigenvalue weighted by Crippen LogP contribution is 2.17. The number of rotatable bonds is 8. The first-order chi connectivity index (χ1) is 13.9. The summed E-state index contributed by atoms with van der Waals surface area (Å²) in [7, 11) is 2.90. The van der Waals surface area contributed by atoms with Crippen LogP contribution in [0.3, 0.4) is 0 Å². The maximum Gasteiger partial charge on any atom is 0.337 e. The summed E-state index contributed by atoms with van der Waals surface area (Å²) in [6.45, 7) is 1.99. The van der Waals surface area contributed by atoms with Crippen molar-refractivity contribution in [2.45, 2.75) is 13.3 Å². The SMILES string of the molecule is COC(=O)c1ccc(NC(=O)CCNC(=O)/C=C/c2ccc(OC)cc2)c(C)c1. The molecular formula is C22H24N2O5. The molecule has 152 valence electrons. The molecule has 0 saturated heterocycles. The van der Waals surface area contributed by atoms with Crippen LogP contribution >= 0.6 is 0 Å². The highest BCUT2D eigenvalue weighted by atomic mass is 16.5. The number of aryl methyl sites for hydroxylation is 1. The molecule has 2 rings (SSSR count). The van der Waals surface area contributed by atoms with Gasteiger partial charge in [0.2, 0.25) is 11.8 Å². The first kappa shape index (κ1) is 21.7. The molecular weight excluding hydrogens is 372 g/mol. The Morgan fingerprint density at radius 2 is 1.76 bits per heavy atom. The predicted molar refractivity (Wildman–Crippen MR) is 111 cm³/mol. The minimum Gasteiger partial charge on any atom is -0.497 e. The molecule has 2 N–H and O–H groups in total. The smallest absolute Gasteiger partial charge is 0.337 e. The number of esters is 1. The molecule has 0 unspecified atom stereocenters. The Morgan fingerprint density at radius 3 is 2.38 bits per heavy atom. The largest absolute Gasteiger partial charge is 0.497 e. The standard InChI is InChI=1S/C22H24N2O5/c1-15-14-17(22(27)29-3)7-10-19(15)24-21(26)12-13-23-20(25)11-6-16-4-8-18(28-2)9-5-16/h4-11,14H,12-13H2,1-3H3,(H,23,25)(H,24,26)/b11-6+. The van der Waals surface area contributed by atoms with Crippen LogP contribution in [0.25, 0.3) is 6.08 Å². The van der Waals surface area contributed by atoms with Crippen molar-refractivity contribution in [1.29, 1.82) is 0 Å². The van der Waals surface area contributed by atoms with Gasteiger partial charge in [-0.2, -0.15) is 0 Å². The first-order valence-electron chi connectivity index (χ1n) is 9.01. The Bertz CT molecular complexity index is 904. The maximum absolute atomic E-state index is 12.1. The first-order valence-corrected chi connectivity index (χ1v) is 9.01. The van der Waals surface area contributed by atoms with E-state index in [1.165, 1.54) is 13.2 Å². The summed E-state index contributed by atoms with van der Waals surface area (Å²) in [4.78, 5) is 35.5. The number of ether oxygens (including phenoxy) is 2. The highest BCUT2D eigenvalue weighted by Gasteiger charge is 2.10. The van der Waals surface area contributed by atoms with Crippen molar-refractivity contribution in [3.05, 3.63) is 65.2 Å². The van der Waals surface area contributed by atoms with Crippen LogP contribution in [-0.4, -0.2) is 38.5 Å². The third kappa shape index (κ3) is 6.80. The molecule has 0 saturated carbocycles. The zero-order valence-electron chi connectivity index (χ0n) is 16.7. The molecule has 0 aliphatic rings. The third-order valence-corrected chi connectivity index (χ3v) is 4.12. The summed E-state index contributed by atoms with van der Waals surface area (Å²) in [6, 6.07) is 12.2. The molecule has 0 atom stereocenters. The van der Waals surface area contributed by atoms with Gasteiger partial charge in [0.15, 0.2) is 0 Å². The molecule has 0 aliphatic heterocycles. The Balaban J connectivity index is 1.78. The average Bonchev–Trinajstić information content (AvgIpc) is 2.73. The van der Waals surface area contributed by atoms with Crippen molar-refractivity contribution in [3.63, 3.8) is 0 Å². The maximum atomic E-state index is 12.1. The molecule has 7 heteroatoms. The Labute approximate surface area is 169 Å². The second-order valence-electron chi connectivity index (χ2n) is 6.22. The zero-order valence-corrected chi connectivity index (χ0v) is 16.7. The van der Waals surface area contributed by atoms with E-state index < -0.39 is 5.97 Å². The number of anilines is 1. The molecule has 2 amide bonds. The van der Waals surface area contributed by atoms with E-state index in [1.54, 1.807) is 38.3 Å². The number of nitrogens with one attached hydrogen (secondary N) is 2. The van der Waals surface area contributed by atoms with Gasteiger partial charge in [-0.1, -0.05) is 12.1 Å². The Hall–Kier alpha value is -3.61. The van der Waals surface area contributed by atoms with E-state index in [2.05, 4.69) is 15.4 Å². The van der Waals surface area contributed by atoms with Crippen LogP contribution in [-0.2, 0) is 14.3 Å². The molecule has 0 spiro atoms. The summed E-state index contributed by atoms with van der Waals surface area (Å²) in [6.07, 6.45) is 3.22. The van der Waals surface area contributed by atoms with Gasteiger partial charge in [-0.05, 0) is 54.5 Å². The highest BCUT2D eigenvalue weighted by molar-refractivity contribution is 5.95. The van der Waals surface area contributed by atoms with Crippen molar-refractivity contribution in [3.8, 4) is 5.75 Å². The minimum absolute atomic E-state index is 0.125. The number of hydrogen-bond donors (Lipinski definition) is 2. The van der Waals surface area contributed by atoms with Gasteiger partial charge in [0.1, 0.15) is 5.75 Å². The lowest BCUT2D eigenvalue weighted by atomic mass is 10.1. The number of carbonyl (C=O) groups excluding carboxylic acids is 3. The van der Waals surface area contributed by atoms with Crippen LogP contribution in [0.4, 0.5) is 5.69 Å². The average molecular weight is 396 g/mol. The molecule has 0 bridgehead atoms. The second-order valence-corrected chi connectivity index (χ2v) is 6.22. The fraction of sp³-hybridized carbons (Fsp3) is 0.227. The monoisotopic (exact) mass is 396 g/mol. The van der Waals surface area contributed by atoms with E-state index in [9.17, 15) is 14.4 Å². The van der Waals surface area contributed by atoms with E-state index >= 15 is 0 Å². The Morgan fingerprint density at radius 1 is 1.03 bits per heavy atom. The van der Waals surface area contributed by atoms with Gasteiger partial charge in [0.05, 0.1) is 19.8 Å². The van der Waals surface area contributed by atoms with Crippen molar-refractivity contribution >= 4 is 29.5 Å². The molecule has 29 heavy (non-hydrogen) atoms. The third-order valence-electron chi connectivity index (χ3n) is 4.12. The molecule has 2 aromatic carbocycles. The summed E-state index contributed by atoms with van der Waals surface area (Å²) < 4.78 is 9.75. The quantitative estimate of drug-likeness (QED) is 0.529. The van der Waals surface area contributed by atoms with E-state index in [0.717, 1.165) is 16.9 Å². The normalized spacial score (nSPS) is 10.4. The lowest BCUT2D eigenvalue weighted by Gasteiger charge is -2.10. The van der Waals surface area contributed by atoms with E-state index in [0.29, 0.717) is 11.3 Å². The summed E-state index contributed by atoms with van der Waals surface area (Å²) >= 11 is 0. The van der Waals surface area contributed by atoms with Crippen molar-refractivity contribution < 1.29 is 23.9 Å². The van der Waals surface area contributed by atoms with Gasteiger partial charge in [-0.25, -0.2) is 4.79 Å². The van der Waals surface area contributed by atoms with Gasteiger partial charge in [-0.3, -0.25) is 9.59 Å². The molecule has 0 fully saturated rings. The van der Waals surface area contributed by atoms with Crippen LogP contribution in [0.1, 0.15) is 27.9 Å². The number of benzene rings is 2. The van der Waals surface area contributed by atoms with Crippen LogP contribution < -0.4 is 15.4 Å². The van der Waals surface area contributed by atoms with Gasteiger partial charge in [0.25, 0.3) is 0 Å². The predicted octanol–water partition coefficient (Wildman–Crippen LogP) is 2.95. The van der Waals surface area contributed by atoms with Crippen LogP contribution in [0.15, 0.2) is 48.5 Å². The van der Waals surface area contributed by atoms with Crippen LogP contribution in [0, 0.1) is 6.92 Å². The van der Waals surface area contributed by atoms with E-state index in [1.807, 2.05) is 24.3 Å². The van der Waals surface area contributed by atoms with Gasteiger partial charge >= 0.3 is 5.97 Å². The van der Waals surface area contributed by atoms with E-state index in [-0.39, 0.29) is 24.8 Å².